The number of fused-ring (bicyclic) bond motifs is 3. The van der Waals surface area contributed by atoms with Crippen LogP contribution in [0, 0.1) is 0 Å². The van der Waals surface area contributed by atoms with E-state index in [1.807, 2.05) is 18.2 Å². The van der Waals surface area contributed by atoms with Crippen LogP contribution in [-0.2, 0) is 16.1 Å². The molecule has 0 spiro atoms. The summed E-state index contributed by atoms with van der Waals surface area (Å²) in [5, 5.41) is 1.17. The molecule has 0 bridgehead atoms. The minimum atomic E-state index is 0. The third-order valence-electron chi connectivity index (χ3n) is 5.32. The smallest absolute Gasteiger partial charge is 0.239 e. The standard InChI is InChI=1S/C21H20N3O2.ClH/c25-15-18-8-9-23-20-7-6-17(22-10-12-26-13-11-22)14-19(20)21(24(18)23)16-4-2-1-3-5-16;/h1-7,14H,8-13H2;1H/q+1;/p-1. The summed E-state index contributed by atoms with van der Waals surface area (Å²) in [5.74, 6) is 2.15. The van der Waals surface area contributed by atoms with Crippen molar-refractivity contribution in [1.29, 1.82) is 0 Å². The summed E-state index contributed by atoms with van der Waals surface area (Å²) in [6.45, 7) is 4.16. The highest BCUT2D eigenvalue weighted by Crippen LogP contribution is 2.34. The van der Waals surface area contributed by atoms with E-state index >= 15 is 0 Å². The summed E-state index contributed by atoms with van der Waals surface area (Å²) in [7, 11) is 0. The molecule has 27 heavy (non-hydrogen) atoms. The van der Waals surface area contributed by atoms with Crippen LogP contribution >= 0.6 is 0 Å². The maximum absolute atomic E-state index is 11.5. The molecule has 2 aliphatic heterocycles. The third-order valence-corrected chi connectivity index (χ3v) is 5.32. The molecule has 2 aliphatic rings. The van der Waals surface area contributed by atoms with Gasteiger partial charge in [-0.15, -0.1) is 9.36 Å². The highest BCUT2D eigenvalue weighted by Gasteiger charge is 2.33. The summed E-state index contributed by atoms with van der Waals surface area (Å²) < 4.78 is 9.73. The zero-order valence-corrected chi connectivity index (χ0v) is 15.7. The van der Waals surface area contributed by atoms with Crippen molar-refractivity contribution in [3.8, 4) is 11.3 Å². The van der Waals surface area contributed by atoms with Crippen LogP contribution in [0.1, 0.15) is 6.42 Å². The highest BCUT2D eigenvalue weighted by atomic mass is 35.5. The van der Waals surface area contributed by atoms with Crippen LogP contribution < -0.4 is 22.0 Å². The third kappa shape index (κ3) is 2.85. The maximum atomic E-state index is 11.5. The summed E-state index contributed by atoms with van der Waals surface area (Å²) in [6.07, 6.45) is 0.727. The van der Waals surface area contributed by atoms with Crippen LogP contribution in [0.2, 0.25) is 0 Å². The van der Waals surface area contributed by atoms with Crippen LogP contribution in [0.4, 0.5) is 5.69 Å². The van der Waals surface area contributed by atoms with Crippen molar-refractivity contribution in [3.63, 3.8) is 0 Å². The van der Waals surface area contributed by atoms with E-state index in [9.17, 15) is 4.79 Å². The van der Waals surface area contributed by atoms with Gasteiger partial charge in [-0.3, -0.25) is 0 Å². The molecule has 3 aromatic rings. The molecule has 5 rings (SSSR count). The molecule has 5 nitrogen and oxygen atoms in total. The van der Waals surface area contributed by atoms with Crippen molar-refractivity contribution in [1.82, 2.24) is 4.68 Å². The fourth-order valence-corrected chi connectivity index (χ4v) is 4.09. The number of aryl methyl sites for hydroxylation is 1. The molecular formula is C21H20ClN3O2. The fourth-order valence-electron chi connectivity index (χ4n) is 4.09. The first-order chi connectivity index (χ1) is 12.9. The predicted octanol–water partition coefficient (Wildman–Crippen LogP) is -0.487. The first-order valence-electron chi connectivity index (χ1n) is 9.08. The number of allylic oxidation sites excluding steroid dienone is 1. The van der Waals surface area contributed by atoms with E-state index in [1.165, 1.54) is 11.1 Å². The van der Waals surface area contributed by atoms with Crippen LogP contribution in [0.5, 0.6) is 0 Å². The molecule has 0 unspecified atom stereocenters. The number of hydrogen-bond acceptors (Lipinski definition) is 3. The Morgan fingerprint density at radius 2 is 1.81 bits per heavy atom. The van der Waals surface area contributed by atoms with Crippen molar-refractivity contribution in [2.45, 2.75) is 13.0 Å². The molecule has 0 amide bonds. The van der Waals surface area contributed by atoms with Gasteiger partial charge < -0.3 is 22.0 Å². The fraction of sp³-hybridized carbons (Fsp3) is 0.286. The van der Waals surface area contributed by atoms with Gasteiger partial charge in [0, 0.05) is 30.4 Å². The van der Waals surface area contributed by atoms with Crippen LogP contribution in [0.25, 0.3) is 27.9 Å². The van der Waals surface area contributed by atoms with Crippen LogP contribution in [0.15, 0.2) is 48.5 Å². The molecule has 0 N–H and O–H groups in total. The molecule has 0 aliphatic carbocycles. The Bertz CT molecular complexity index is 1030. The largest absolute Gasteiger partial charge is 1.00 e. The Morgan fingerprint density at radius 3 is 2.56 bits per heavy atom. The average molecular weight is 382 g/mol. The lowest BCUT2D eigenvalue weighted by atomic mass is 10.1. The molecule has 1 aromatic heterocycles. The van der Waals surface area contributed by atoms with Crippen molar-refractivity contribution >= 4 is 28.2 Å². The second-order valence-electron chi connectivity index (χ2n) is 6.75. The molecule has 0 saturated carbocycles. The Kier molecular flexibility index (Phi) is 4.75. The Morgan fingerprint density at radius 1 is 1.04 bits per heavy atom. The highest BCUT2D eigenvalue weighted by molar-refractivity contribution is 5.96. The van der Waals surface area contributed by atoms with E-state index in [2.05, 4.69) is 50.5 Å². The maximum Gasteiger partial charge on any atom is 0.239 e. The Balaban J connectivity index is 0.00000180. The van der Waals surface area contributed by atoms with E-state index in [1.54, 1.807) is 0 Å². The van der Waals surface area contributed by atoms with Gasteiger partial charge in [0.15, 0.2) is 18.2 Å². The summed E-state index contributed by atoms with van der Waals surface area (Å²) in [6, 6.07) is 16.9. The zero-order valence-electron chi connectivity index (χ0n) is 14.9. The molecule has 0 atom stereocenters. The van der Waals surface area contributed by atoms with Gasteiger partial charge in [-0.25, -0.2) is 4.79 Å². The summed E-state index contributed by atoms with van der Waals surface area (Å²) in [4.78, 5) is 13.9. The van der Waals surface area contributed by atoms with Crippen molar-refractivity contribution < 1.29 is 26.6 Å². The lowest BCUT2D eigenvalue weighted by Crippen LogP contribution is -3.00. The summed E-state index contributed by atoms with van der Waals surface area (Å²) in [5.41, 5.74) is 5.26. The zero-order chi connectivity index (χ0) is 17.5. The monoisotopic (exact) mass is 381 g/mol. The molecule has 1 fully saturated rings. The Labute approximate surface area is 163 Å². The van der Waals surface area contributed by atoms with Gasteiger partial charge in [0.1, 0.15) is 5.69 Å². The summed E-state index contributed by atoms with van der Waals surface area (Å²) >= 11 is 0. The first kappa shape index (κ1) is 17.8. The number of morpholine rings is 1. The SMILES string of the molecule is O=C=C1CC[n+]2c3ccc(N4CCOCC4)cc3c(-c3ccccc3)n21.[Cl-]. The number of aromatic nitrogens is 2. The Hall–Kier alpha value is -2.59. The molecule has 138 valence electrons. The first-order valence-corrected chi connectivity index (χ1v) is 9.08. The number of ether oxygens (including phenoxy) is 1. The molecule has 6 heteroatoms. The van der Waals surface area contributed by atoms with Gasteiger partial charge in [-0.2, -0.15) is 0 Å². The topological polar surface area (TPSA) is 38.4 Å². The number of halogens is 1. The predicted molar refractivity (Wildman–Crippen MR) is 101 cm³/mol. The number of benzene rings is 2. The molecule has 3 heterocycles. The van der Waals surface area contributed by atoms with E-state index in [0.29, 0.717) is 5.70 Å². The lowest BCUT2D eigenvalue weighted by Gasteiger charge is -2.28. The van der Waals surface area contributed by atoms with E-state index in [4.69, 9.17) is 4.74 Å². The van der Waals surface area contributed by atoms with E-state index in [-0.39, 0.29) is 12.4 Å². The van der Waals surface area contributed by atoms with Crippen LogP contribution in [-0.4, -0.2) is 36.9 Å². The van der Waals surface area contributed by atoms with E-state index in [0.717, 1.165) is 56.0 Å². The number of hydrogen-bond donors (Lipinski definition) is 0. The van der Waals surface area contributed by atoms with Gasteiger partial charge in [-0.1, -0.05) is 30.3 Å². The average Bonchev–Trinajstić information content (AvgIpc) is 3.26. The van der Waals surface area contributed by atoms with E-state index < -0.39 is 0 Å². The minimum absolute atomic E-state index is 0. The number of nitrogens with zero attached hydrogens (tertiary/aromatic N) is 3. The molecule has 0 radical (unpaired) electrons. The molecule has 2 aromatic carbocycles. The molecule has 1 saturated heterocycles. The lowest BCUT2D eigenvalue weighted by molar-refractivity contribution is -0.729. The van der Waals surface area contributed by atoms with Gasteiger partial charge in [-0.05, 0) is 12.1 Å². The van der Waals surface area contributed by atoms with Crippen molar-refractivity contribution in [3.05, 3.63) is 48.5 Å². The van der Waals surface area contributed by atoms with Gasteiger partial charge in [0.25, 0.3) is 0 Å². The number of carbonyl (C=O) groups excluding carboxylic acids is 1. The molecular weight excluding hydrogens is 362 g/mol. The van der Waals surface area contributed by atoms with Gasteiger partial charge in [0.2, 0.25) is 5.52 Å². The second-order valence-corrected chi connectivity index (χ2v) is 6.75. The second kappa shape index (κ2) is 7.20. The quantitative estimate of drug-likeness (QED) is 0.444. The van der Waals surface area contributed by atoms with Crippen molar-refractivity contribution in [2.24, 2.45) is 0 Å². The number of anilines is 1. The van der Waals surface area contributed by atoms with Crippen molar-refractivity contribution in [2.75, 3.05) is 31.2 Å². The minimum Gasteiger partial charge on any atom is -1.00 e. The van der Waals surface area contributed by atoms with Crippen LogP contribution in [0.3, 0.4) is 0 Å². The van der Waals surface area contributed by atoms with Gasteiger partial charge >= 0.3 is 0 Å². The van der Waals surface area contributed by atoms with Gasteiger partial charge in [0.05, 0.1) is 25.0 Å². The number of rotatable bonds is 2. The normalized spacial score (nSPS) is 16.1.